The molecule has 6 rings (SSSR count). The summed E-state index contributed by atoms with van der Waals surface area (Å²) in [5.41, 5.74) is -0.606. The second-order valence-corrected chi connectivity index (χ2v) is 12.7. The minimum atomic E-state index is -5.86. The molecule has 41 heavy (non-hydrogen) atoms. The predicted octanol–water partition coefficient (Wildman–Crippen LogP) is 7.99. The molecular weight excluding hydrogens is 537 g/mol. The fourth-order valence-corrected chi connectivity index (χ4v) is 9.06. The molecule has 0 heterocycles. The monoisotopic (exact) mass is 569 g/mol. The number of benzene rings is 2. The van der Waals surface area contributed by atoms with Crippen LogP contribution in [-0.4, -0.2) is 28.6 Å². The van der Waals surface area contributed by atoms with Gasteiger partial charge in [-0.2, -0.15) is 27.2 Å². The van der Waals surface area contributed by atoms with E-state index in [1.54, 1.807) is 18.2 Å². The average molecular weight is 570 g/mol. The van der Waals surface area contributed by atoms with E-state index in [1.165, 1.54) is 6.92 Å². The number of halogens is 5. The summed E-state index contributed by atoms with van der Waals surface area (Å²) in [6, 6.07) is 16.9. The molecule has 8 heteroatoms. The van der Waals surface area contributed by atoms with E-state index in [2.05, 4.69) is 6.07 Å². The van der Waals surface area contributed by atoms with Crippen LogP contribution in [0.5, 0.6) is 0 Å². The Morgan fingerprint density at radius 2 is 1.54 bits per heavy atom. The van der Waals surface area contributed by atoms with Gasteiger partial charge < -0.3 is 5.11 Å². The van der Waals surface area contributed by atoms with E-state index in [-0.39, 0.29) is 42.3 Å². The Kier molecular flexibility index (Phi) is 6.50. The third kappa shape index (κ3) is 4.10. The first-order valence-corrected chi connectivity index (χ1v) is 14.3. The van der Waals surface area contributed by atoms with Crippen LogP contribution in [0.1, 0.15) is 68.9 Å². The number of ketones is 1. The molecule has 3 nitrogen and oxygen atoms in total. The van der Waals surface area contributed by atoms with Crippen LogP contribution in [0.15, 0.2) is 60.2 Å². The van der Waals surface area contributed by atoms with Crippen molar-refractivity contribution in [3.8, 4) is 17.2 Å². The highest BCUT2D eigenvalue weighted by Gasteiger charge is 2.79. The molecule has 2 aromatic rings. The van der Waals surface area contributed by atoms with Gasteiger partial charge in [0, 0.05) is 11.8 Å². The molecule has 3 saturated carbocycles. The largest absolute Gasteiger partial charge is 0.456 e. The fraction of sp³-hybridized carbons (Fsp3) is 0.515. The molecule has 0 aromatic heterocycles. The molecule has 3 fully saturated rings. The van der Waals surface area contributed by atoms with E-state index in [4.69, 9.17) is 5.26 Å². The van der Waals surface area contributed by atoms with Crippen LogP contribution in [0.4, 0.5) is 22.0 Å². The van der Waals surface area contributed by atoms with Crippen LogP contribution >= 0.6 is 0 Å². The number of carbonyl (C=O) groups is 1. The molecule has 0 saturated heterocycles. The van der Waals surface area contributed by atoms with Gasteiger partial charge in [-0.25, -0.2) is 0 Å². The topological polar surface area (TPSA) is 61.1 Å². The third-order valence-electron chi connectivity index (χ3n) is 11.0. The quantitative estimate of drug-likeness (QED) is 0.381. The van der Waals surface area contributed by atoms with Crippen molar-refractivity contribution in [2.45, 2.75) is 75.5 Å². The Labute approximate surface area is 236 Å². The second-order valence-electron chi connectivity index (χ2n) is 12.7. The molecule has 216 valence electrons. The van der Waals surface area contributed by atoms with Crippen molar-refractivity contribution in [2.75, 3.05) is 0 Å². The van der Waals surface area contributed by atoms with Crippen LogP contribution in [0.25, 0.3) is 11.1 Å². The van der Waals surface area contributed by atoms with Crippen LogP contribution in [0.3, 0.4) is 0 Å². The lowest BCUT2D eigenvalue weighted by Gasteiger charge is -2.59. The fourth-order valence-electron chi connectivity index (χ4n) is 9.06. The zero-order valence-electron chi connectivity index (χ0n) is 22.7. The van der Waals surface area contributed by atoms with Crippen molar-refractivity contribution >= 4 is 5.78 Å². The van der Waals surface area contributed by atoms with Crippen molar-refractivity contribution in [2.24, 2.45) is 29.1 Å². The highest BCUT2D eigenvalue weighted by Crippen LogP contribution is 2.71. The van der Waals surface area contributed by atoms with Crippen molar-refractivity contribution < 1.29 is 31.9 Å². The first-order valence-electron chi connectivity index (χ1n) is 14.3. The number of fused-ring (bicyclic) bond motifs is 5. The Balaban J connectivity index is 1.43. The zero-order valence-corrected chi connectivity index (χ0v) is 22.7. The molecule has 6 unspecified atom stereocenters. The number of rotatable bonds is 3. The maximum Gasteiger partial charge on any atom is 0.456 e. The number of nitriles is 1. The number of aliphatic hydroxyl groups is 1. The highest BCUT2D eigenvalue weighted by atomic mass is 19.4. The van der Waals surface area contributed by atoms with Gasteiger partial charge in [0.1, 0.15) is 5.60 Å². The highest BCUT2D eigenvalue weighted by molar-refractivity contribution is 5.91. The van der Waals surface area contributed by atoms with E-state index in [0.29, 0.717) is 31.2 Å². The van der Waals surface area contributed by atoms with Gasteiger partial charge in [-0.05, 0) is 103 Å². The van der Waals surface area contributed by atoms with Crippen LogP contribution in [0.2, 0.25) is 0 Å². The molecule has 0 radical (unpaired) electrons. The van der Waals surface area contributed by atoms with E-state index in [9.17, 15) is 23.1 Å². The molecule has 7 atom stereocenters. The summed E-state index contributed by atoms with van der Waals surface area (Å²) in [5.74, 6) is -6.06. The minimum absolute atomic E-state index is 0.00887. The van der Waals surface area contributed by atoms with Gasteiger partial charge in [-0.1, -0.05) is 48.9 Å². The molecular formula is C33H32F5NO2. The summed E-state index contributed by atoms with van der Waals surface area (Å²) in [6.07, 6.45) is -2.31. The summed E-state index contributed by atoms with van der Waals surface area (Å²) in [4.78, 5) is 12.2. The van der Waals surface area contributed by atoms with E-state index >= 15 is 8.78 Å². The lowest BCUT2D eigenvalue weighted by molar-refractivity contribution is -0.364. The summed E-state index contributed by atoms with van der Waals surface area (Å²) < 4.78 is 71.6. The Morgan fingerprint density at radius 1 is 0.902 bits per heavy atom. The van der Waals surface area contributed by atoms with Crippen molar-refractivity contribution in [1.29, 1.82) is 5.26 Å². The van der Waals surface area contributed by atoms with E-state index < -0.39 is 35.5 Å². The van der Waals surface area contributed by atoms with Crippen LogP contribution < -0.4 is 0 Å². The third-order valence-corrected chi connectivity index (χ3v) is 11.0. The number of hydrogen-bond donors (Lipinski definition) is 1. The summed E-state index contributed by atoms with van der Waals surface area (Å²) in [7, 11) is 0. The number of nitrogens with zero attached hydrogens (tertiary/aromatic N) is 1. The Bertz CT molecular complexity index is 1420. The van der Waals surface area contributed by atoms with Crippen LogP contribution in [-0.2, 0) is 4.79 Å². The summed E-state index contributed by atoms with van der Waals surface area (Å²) in [6.45, 7) is 1.45. The summed E-state index contributed by atoms with van der Waals surface area (Å²) >= 11 is 0. The first kappa shape index (κ1) is 28.1. The number of hydrogen-bond acceptors (Lipinski definition) is 3. The van der Waals surface area contributed by atoms with E-state index in [0.717, 1.165) is 22.3 Å². The molecule has 0 amide bonds. The second kappa shape index (κ2) is 9.49. The summed E-state index contributed by atoms with van der Waals surface area (Å²) in [5, 5.41) is 20.5. The van der Waals surface area contributed by atoms with Gasteiger partial charge in [-0.15, -0.1) is 0 Å². The van der Waals surface area contributed by atoms with Gasteiger partial charge in [0.05, 0.1) is 11.6 Å². The first-order chi connectivity index (χ1) is 19.3. The maximum absolute atomic E-state index is 15.2. The van der Waals surface area contributed by atoms with Gasteiger partial charge >= 0.3 is 12.1 Å². The Hall–Kier alpha value is -3.05. The molecule has 0 aliphatic heterocycles. The molecule has 4 aliphatic rings. The molecule has 0 spiro atoms. The lowest BCUT2D eigenvalue weighted by Crippen LogP contribution is -2.66. The van der Waals surface area contributed by atoms with Crippen molar-refractivity contribution in [3.63, 3.8) is 0 Å². The lowest BCUT2D eigenvalue weighted by atomic mass is 9.46. The standard InChI is InChI=1S/C33H32F5NO2/c1-30-17-27(22-8-6-21(7-9-22)20-4-2-19(18-39)3-5-20)29-25-13-11-24(40)16-23(25)10-12-26(29)28(30)14-15-31(30,41)32(34,35)33(36,37)38/h2-9,16,25-29,41H,10-15,17H2,1H3/t25?,26?,27?,28?,29?,30-,31?/m0/s1. The smallest absolute Gasteiger partial charge is 0.383 e. The van der Waals surface area contributed by atoms with Gasteiger partial charge in [0.15, 0.2) is 5.78 Å². The van der Waals surface area contributed by atoms with Crippen molar-refractivity contribution in [1.82, 2.24) is 0 Å². The molecule has 2 aromatic carbocycles. The maximum atomic E-state index is 15.2. The van der Waals surface area contributed by atoms with Gasteiger partial charge in [0.2, 0.25) is 0 Å². The van der Waals surface area contributed by atoms with Crippen LogP contribution in [0, 0.1) is 40.4 Å². The SMILES string of the molecule is C[C@]12CC(c3ccc(-c4ccc(C#N)cc4)cc3)C3C4CCC(=O)C=C4CCC3C1CCC2(O)C(F)(F)C(F)(F)F. The Morgan fingerprint density at radius 3 is 2.15 bits per heavy atom. The number of allylic oxidation sites excluding steroid dienone is 1. The number of carbonyl (C=O) groups excluding carboxylic acids is 1. The van der Waals surface area contributed by atoms with E-state index in [1.807, 2.05) is 36.4 Å². The van der Waals surface area contributed by atoms with Gasteiger partial charge in [-0.3, -0.25) is 4.79 Å². The molecule has 1 N–H and O–H groups in total. The normalized spacial score (nSPS) is 35.1. The predicted molar refractivity (Wildman–Crippen MR) is 143 cm³/mol. The molecule has 4 aliphatic carbocycles. The van der Waals surface area contributed by atoms with Gasteiger partial charge in [0.25, 0.3) is 0 Å². The number of alkyl halides is 5. The van der Waals surface area contributed by atoms with Crippen molar-refractivity contribution in [3.05, 3.63) is 71.3 Å². The average Bonchev–Trinajstić information content (AvgIpc) is 3.23. The zero-order chi connectivity index (χ0) is 29.4. The molecule has 0 bridgehead atoms. The minimum Gasteiger partial charge on any atom is -0.383 e.